The van der Waals surface area contributed by atoms with Gasteiger partial charge in [0, 0.05) is 6.61 Å². The highest BCUT2D eigenvalue weighted by Crippen LogP contribution is 2.37. The summed E-state index contributed by atoms with van der Waals surface area (Å²) in [4.78, 5) is 110. The minimum Gasteiger partial charge on any atom is -0.493 e. The van der Waals surface area contributed by atoms with E-state index in [4.69, 9.17) is 43.0 Å². The van der Waals surface area contributed by atoms with Crippen LogP contribution in [0.15, 0.2) is 85.1 Å². The molecule has 5 aromatic carbocycles. The van der Waals surface area contributed by atoms with E-state index < -0.39 is 65.2 Å². The van der Waals surface area contributed by atoms with E-state index >= 15 is 0 Å². The fraction of sp³-hybridized carbons (Fsp3) is 0.481. The number of ether oxygens (including phenoxy) is 8. The van der Waals surface area contributed by atoms with E-state index in [0.717, 1.165) is 113 Å². The highest BCUT2D eigenvalue weighted by atomic mass is 16.5. The third-order valence-corrected chi connectivity index (χ3v) is 17.9. The van der Waals surface area contributed by atoms with Crippen LogP contribution in [0.25, 0.3) is 0 Å². The van der Waals surface area contributed by atoms with Crippen molar-refractivity contribution in [3.63, 3.8) is 0 Å². The molecule has 1 atom stereocenters. The van der Waals surface area contributed by atoms with Crippen LogP contribution >= 0.6 is 0 Å². The number of carbonyl (C=O) groups is 9. The summed E-state index contributed by atoms with van der Waals surface area (Å²) in [6.45, 7) is 3.86. The van der Waals surface area contributed by atoms with E-state index in [9.17, 15) is 89.1 Å². The zero-order valence-corrected chi connectivity index (χ0v) is 61.5. The summed E-state index contributed by atoms with van der Waals surface area (Å²) in [7, 11) is 0. The molecule has 0 bridgehead atoms. The average Bonchev–Trinajstić information content (AvgIpc) is 1.62. The first kappa shape index (κ1) is 86.7. The summed E-state index contributed by atoms with van der Waals surface area (Å²) < 4.78 is 47.6. The fourth-order valence-electron chi connectivity index (χ4n) is 11.8. The molecule has 0 spiro atoms. The number of rotatable bonds is 58. The summed E-state index contributed by atoms with van der Waals surface area (Å²) in [5.41, 5.74) is -2.28. The molecule has 0 aliphatic carbocycles. The first-order valence-corrected chi connectivity index (χ1v) is 36.7. The molecule has 0 saturated heterocycles. The maximum absolute atomic E-state index is 12.4. The van der Waals surface area contributed by atoms with E-state index in [0.29, 0.717) is 83.5 Å². The van der Waals surface area contributed by atoms with Crippen molar-refractivity contribution in [2.24, 2.45) is 5.41 Å². The van der Waals surface area contributed by atoms with E-state index in [2.05, 4.69) is 10.3 Å². The van der Waals surface area contributed by atoms with Gasteiger partial charge in [-0.05, 0) is 126 Å². The average molecular weight is 1520 g/mol. The quantitative estimate of drug-likeness (QED) is 0.0159. The molecule has 6 aromatic rings. The Hall–Kier alpha value is -11.2. The van der Waals surface area contributed by atoms with Gasteiger partial charge in [0.25, 0.3) is 0 Å². The summed E-state index contributed by atoms with van der Waals surface area (Å²) in [5, 5.41) is 107. The van der Waals surface area contributed by atoms with Crippen LogP contribution in [-0.2, 0) is 11.4 Å². The Balaban J connectivity index is 0.840. The van der Waals surface area contributed by atoms with Gasteiger partial charge in [-0.15, -0.1) is 5.10 Å². The number of hydrogen-bond donors (Lipinski definition) is 10. The summed E-state index contributed by atoms with van der Waals surface area (Å²) in [6, 6.07) is 17.6. The monoisotopic (exact) mass is 1520 g/mol. The molecular weight excluding hydrogens is 1420 g/mol. The first-order chi connectivity index (χ1) is 52.3. The lowest BCUT2D eigenvalue weighted by Gasteiger charge is -2.26. The van der Waals surface area contributed by atoms with Crippen LogP contribution in [0.3, 0.4) is 0 Å². The maximum Gasteiger partial charge on any atom is 0.339 e. The van der Waals surface area contributed by atoms with Crippen molar-refractivity contribution < 1.29 is 132 Å². The number of hydrogen-bond acceptors (Lipinski definition) is 20. The highest BCUT2D eigenvalue weighted by Gasteiger charge is 2.34. The Morgan fingerprint density at radius 1 is 0.339 bits per heavy atom. The molecule has 30 nitrogen and oxygen atoms in total. The maximum atomic E-state index is 12.4. The van der Waals surface area contributed by atoms with Crippen LogP contribution in [0.5, 0.6) is 46.0 Å². The lowest BCUT2D eigenvalue weighted by molar-refractivity contribution is -0.147. The molecular formula is C79H99N3O27. The van der Waals surface area contributed by atoms with Gasteiger partial charge in [-0.2, -0.15) is 0 Å². The van der Waals surface area contributed by atoms with Gasteiger partial charge in [0.05, 0.1) is 63.9 Å². The first-order valence-electron chi connectivity index (χ1n) is 36.7. The van der Waals surface area contributed by atoms with Crippen LogP contribution in [0.4, 0.5) is 0 Å². The van der Waals surface area contributed by atoms with Gasteiger partial charge in [0.15, 0.2) is 0 Å². The zero-order valence-electron chi connectivity index (χ0n) is 61.5. The van der Waals surface area contributed by atoms with Crippen LogP contribution in [0.2, 0.25) is 0 Å². The molecule has 0 saturated carbocycles. The molecule has 1 aromatic heterocycles. The summed E-state index contributed by atoms with van der Waals surface area (Å²) >= 11 is 0. The predicted molar refractivity (Wildman–Crippen MR) is 393 cm³/mol. The Morgan fingerprint density at radius 3 is 0.798 bits per heavy atom. The molecule has 0 radical (unpaired) electrons. The van der Waals surface area contributed by atoms with E-state index in [-0.39, 0.29) is 162 Å². The van der Waals surface area contributed by atoms with Gasteiger partial charge in [0.2, 0.25) is 0 Å². The van der Waals surface area contributed by atoms with Crippen molar-refractivity contribution in [1.29, 1.82) is 0 Å². The molecule has 592 valence electrons. The van der Waals surface area contributed by atoms with Gasteiger partial charge in [-0.25, -0.2) is 43.0 Å². The molecule has 0 aliphatic heterocycles. The smallest absolute Gasteiger partial charge is 0.339 e. The Kier molecular flexibility index (Phi) is 36.2. The number of benzene rings is 5. The third-order valence-electron chi connectivity index (χ3n) is 17.9. The molecule has 10 N–H and O–H groups in total. The molecule has 0 aliphatic rings. The second-order valence-electron chi connectivity index (χ2n) is 26.8. The van der Waals surface area contributed by atoms with Gasteiger partial charge < -0.3 is 89.0 Å². The predicted octanol–water partition coefficient (Wildman–Crippen LogP) is 14.6. The SMILES string of the molecule is CC(C)(CC(c1ccccc1)n1cc(COc2cc(C(=O)O)c(OCCCCCCCCOc3cc(C(=O)O)c(OCCCCCCCCOc4cc(C(=O)O)c(OCCCCCCCCOc5cc(C(=O)O)c(OCCCCCCCCO)cc5C(=O)O)cc4C(=O)O)cc3C(=O)O)cc2C(=O)O)nn1)C(=O)O. The van der Waals surface area contributed by atoms with Crippen molar-refractivity contribution in [2.75, 3.05) is 52.9 Å². The van der Waals surface area contributed by atoms with Crippen molar-refractivity contribution >= 4 is 53.7 Å². The number of aliphatic carboxylic acids is 1. The van der Waals surface area contributed by atoms with Crippen LogP contribution in [0.1, 0.15) is 275 Å². The van der Waals surface area contributed by atoms with Crippen LogP contribution in [-0.4, -0.2) is 173 Å². The molecule has 109 heavy (non-hydrogen) atoms. The standard InChI is InChI=1S/C79H99N3O27/c1-79(2,78(100)101)48-61(51-30-20-19-21-31-51)82-49-52(80-81-82)50-109-69-47-59(76(96)97)68(46-60(69)77(98)99)108-39-29-18-10-9-17-28-38-107-67-45-57(74(92)93)66(44-58(67)75(94)95)106-37-27-16-8-7-15-26-36-105-65-43-55(72(88)89)64(42-56(65)73(90)91)104-35-25-14-6-5-13-24-34-103-63-41-53(70(84)85)62(40-54(63)71(86)87)102-33-23-12-4-3-11-22-32-83/h19-21,30-31,40-47,49,61,83H,3-18,22-29,32-39,48,50H2,1-2H3,(H,84,85)(H,86,87)(H,88,89)(H,90,91)(H,92,93)(H,94,95)(H,96,97)(H,98,99)(H,100,101). The number of carboxylic acid groups (broad SMARTS) is 9. The number of aliphatic hydroxyl groups is 1. The molecule has 1 heterocycles. The van der Waals surface area contributed by atoms with E-state index in [1.165, 1.54) is 16.8 Å². The van der Waals surface area contributed by atoms with Crippen LogP contribution in [0, 0.1) is 5.41 Å². The number of aromatic nitrogens is 3. The number of carboxylic acids is 9. The van der Waals surface area contributed by atoms with Gasteiger partial charge in [0.1, 0.15) is 103 Å². The second-order valence-corrected chi connectivity index (χ2v) is 26.8. The highest BCUT2D eigenvalue weighted by molar-refractivity contribution is 6.00. The fourth-order valence-corrected chi connectivity index (χ4v) is 11.8. The molecule has 1 unspecified atom stereocenters. The molecule has 6 rings (SSSR count). The third kappa shape index (κ3) is 28.5. The second kappa shape index (κ2) is 45.5. The minimum absolute atomic E-state index is 0.0532. The minimum atomic E-state index is -1.40. The number of unbranched alkanes of at least 4 members (excludes halogenated alkanes) is 20. The topological polar surface area (TPSA) is 460 Å². The van der Waals surface area contributed by atoms with E-state index in [1.54, 1.807) is 20.0 Å². The lowest BCUT2D eigenvalue weighted by atomic mass is 9.83. The van der Waals surface area contributed by atoms with Gasteiger partial charge in [-0.3, -0.25) is 4.79 Å². The molecule has 0 fully saturated rings. The number of aliphatic hydroxyl groups excluding tert-OH is 1. The van der Waals surface area contributed by atoms with Gasteiger partial charge >= 0.3 is 53.7 Å². The normalized spacial score (nSPS) is 11.5. The number of nitrogens with zero attached hydrogens (tertiary/aromatic N) is 3. The van der Waals surface area contributed by atoms with Crippen molar-refractivity contribution in [3.05, 3.63) is 141 Å². The largest absolute Gasteiger partial charge is 0.493 e. The Morgan fingerprint density at radius 2 is 0.569 bits per heavy atom. The summed E-state index contributed by atoms with van der Waals surface area (Å²) in [6.07, 6.45) is 18.5. The summed E-state index contributed by atoms with van der Waals surface area (Å²) in [5.74, 6) is -12.8. The van der Waals surface area contributed by atoms with Crippen molar-refractivity contribution in [2.45, 2.75) is 187 Å². The zero-order chi connectivity index (χ0) is 79.3. The Bertz CT molecular complexity index is 4000. The Labute approximate surface area is 630 Å². The van der Waals surface area contributed by atoms with Crippen molar-refractivity contribution in [3.8, 4) is 46.0 Å². The molecule has 0 amide bonds. The van der Waals surface area contributed by atoms with Crippen LogP contribution < -0.4 is 37.9 Å². The van der Waals surface area contributed by atoms with Crippen molar-refractivity contribution in [1.82, 2.24) is 15.0 Å². The number of aromatic carboxylic acids is 8. The lowest BCUT2D eigenvalue weighted by Crippen LogP contribution is -2.28. The van der Waals surface area contributed by atoms with Gasteiger partial charge in [-0.1, -0.05) is 138 Å². The molecule has 30 heteroatoms. The van der Waals surface area contributed by atoms with E-state index in [1.807, 2.05) is 30.3 Å².